The van der Waals surface area contributed by atoms with Gasteiger partial charge in [-0.1, -0.05) is 18.2 Å². The van der Waals surface area contributed by atoms with E-state index >= 15 is 0 Å². The predicted octanol–water partition coefficient (Wildman–Crippen LogP) is 4.84. The van der Waals surface area contributed by atoms with E-state index < -0.39 is 17.6 Å². The van der Waals surface area contributed by atoms with E-state index in [2.05, 4.69) is 10.2 Å². The number of thiophene rings is 1. The fourth-order valence-electron chi connectivity index (χ4n) is 3.35. The number of nitrogens with zero attached hydrogens (tertiary/aromatic N) is 3. The summed E-state index contributed by atoms with van der Waals surface area (Å²) in [6, 6.07) is 8.62. The Morgan fingerprint density at radius 1 is 1.18 bits per heavy atom. The zero-order valence-electron chi connectivity index (χ0n) is 14.6. The highest BCUT2D eigenvalue weighted by Crippen LogP contribution is 2.34. The van der Waals surface area contributed by atoms with Crippen LogP contribution >= 0.6 is 11.3 Å². The highest BCUT2D eigenvalue weighted by Gasteiger charge is 2.37. The lowest BCUT2D eigenvalue weighted by Crippen LogP contribution is -2.40. The fourth-order valence-corrected chi connectivity index (χ4v) is 3.99. The number of piperidine rings is 1. The van der Waals surface area contributed by atoms with Gasteiger partial charge in [-0.25, -0.2) is 0 Å². The van der Waals surface area contributed by atoms with Gasteiger partial charge < -0.3 is 9.32 Å². The van der Waals surface area contributed by atoms with Crippen LogP contribution < -0.4 is 0 Å². The summed E-state index contributed by atoms with van der Waals surface area (Å²) in [4.78, 5) is 15.1. The number of aromatic nitrogens is 2. The first-order chi connectivity index (χ1) is 13.4. The molecule has 1 aliphatic heterocycles. The first-order valence-electron chi connectivity index (χ1n) is 8.76. The predicted molar refractivity (Wildman–Crippen MR) is 96.9 cm³/mol. The van der Waals surface area contributed by atoms with E-state index in [4.69, 9.17) is 4.42 Å². The number of benzene rings is 1. The van der Waals surface area contributed by atoms with Crippen LogP contribution in [-0.2, 0) is 6.18 Å². The molecule has 3 heterocycles. The van der Waals surface area contributed by atoms with Crippen LogP contribution in [0.5, 0.6) is 0 Å². The third-order valence-electron chi connectivity index (χ3n) is 4.69. The molecule has 1 atom stereocenters. The Bertz CT molecular complexity index is 969. The maximum absolute atomic E-state index is 13.3. The summed E-state index contributed by atoms with van der Waals surface area (Å²) in [6.07, 6.45) is -3.19. The first-order valence-corrected chi connectivity index (χ1v) is 9.64. The Balaban J connectivity index is 1.54. The first kappa shape index (κ1) is 18.7. The topological polar surface area (TPSA) is 59.2 Å². The lowest BCUT2D eigenvalue weighted by atomic mass is 9.96. The molecule has 3 aromatic rings. The SMILES string of the molecule is O=C(c1ccccc1C(F)(F)F)N1CCCC(c2nnc(-c3cccs3)o2)C1. The molecule has 1 fully saturated rings. The van der Waals surface area contributed by atoms with Crippen molar-refractivity contribution >= 4 is 17.2 Å². The maximum Gasteiger partial charge on any atom is 0.417 e. The number of rotatable bonds is 3. The van der Waals surface area contributed by atoms with E-state index in [0.29, 0.717) is 24.7 Å². The van der Waals surface area contributed by atoms with Gasteiger partial charge >= 0.3 is 6.18 Å². The van der Waals surface area contributed by atoms with Crippen molar-refractivity contribution in [3.05, 3.63) is 58.8 Å². The van der Waals surface area contributed by atoms with Gasteiger partial charge in [0, 0.05) is 13.1 Å². The molecule has 5 nitrogen and oxygen atoms in total. The monoisotopic (exact) mass is 407 g/mol. The van der Waals surface area contributed by atoms with Gasteiger partial charge in [0.15, 0.2) is 0 Å². The molecule has 146 valence electrons. The number of halogens is 3. The van der Waals surface area contributed by atoms with Crippen LogP contribution in [0.2, 0.25) is 0 Å². The highest BCUT2D eigenvalue weighted by molar-refractivity contribution is 7.13. The maximum atomic E-state index is 13.3. The second-order valence-electron chi connectivity index (χ2n) is 6.56. The molecule has 1 aliphatic rings. The summed E-state index contributed by atoms with van der Waals surface area (Å²) < 4.78 is 45.5. The Morgan fingerprint density at radius 2 is 2.00 bits per heavy atom. The largest absolute Gasteiger partial charge is 0.420 e. The number of hydrogen-bond acceptors (Lipinski definition) is 5. The van der Waals surface area contributed by atoms with Crippen molar-refractivity contribution in [3.8, 4) is 10.8 Å². The molecular weight excluding hydrogens is 391 g/mol. The third-order valence-corrected chi connectivity index (χ3v) is 5.55. The lowest BCUT2D eigenvalue weighted by molar-refractivity contribution is -0.138. The summed E-state index contributed by atoms with van der Waals surface area (Å²) in [5.74, 6) is -0.00606. The fraction of sp³-hybridized carbons (Fsp3) is 0.316. The molecule has 1 amide bonds. The minimum Gasteiger partial charge on any atom is -0.420 e. The molecule has 0 saturated carbocycles. The van der Waals surface area contributed by atoms with Crippen LogP contribution in [0, 0.1) is 0 Å². The highest BCUT2D eigenvalue weighted by atomic mass is 32.1. The molecule has 0 bridgehead atoms. The van der Waals surface area contributed by atoms with Crippen LogP contribution in [-0.4, -0.2) is 34.1 Å². The van der Waals surface area contributed by atoms with Gasteiger partial charge in [0.2, 0.25) is 5.89 Å². The molecular formula is C19H16F3N3O2S. The molecule has 0 spiro atoms. The molecule has 2 aromatic heterocycles. The van der Waals surface area contributed by atoms with E-state index in [9.17, 15) is 18.0 Å². The Morgan fingerprint density at radius 3 is 2.75 bits per heavy atom. The minimum absolute atomic E-state index is 0.197. The van der Waals surface area contributed by atoms with Crippen molar-refractivity contribution in [2.24, 2.45) is 0 Å². The van der Waals surface area contributed by atoms with Crippen molar-refractivity contribution in [2.45, 2.75) is 24.9 Å². The summed E-state index contributed by atoms with van der Waals surface area (Å²) in [5, 5.41) is 10.0. The summed E-state index contributed by atoms with van der Waals surface area (Å²) in [6.45, 7) is 0.643. The van der Waals surface area contributed by atoms with Crippen LogP contribution in [0.15, 0.2) is 46.2 Å². The number of hydrogen-bond donors (Lipinski definition) is 0. The van der Waals surface area contributed by atoms with Gasteiger partial charge in [-0.15, -0.1) is 21.5 Å². The Hall–Kier alpha value is -2.68. The van der Waals surface area contributed by atoms with Crippen LogP contribution in [0.25, 0.3) is 10.8 Å². The van der Waals surface area contributed by atoms with Crippen LogP contribution in [0.4, 0.5) is 13.2 Å². The van der Waals surface area contributed by atoms with Crippen molar-refractivity contribution in [2.75, 3.05) is 13.1 Å². The molecule has 0 N–H and O–H groups in total. The standard InChI is InChI=1S/C19H16F3N3O2S/c20-19(21,22)14-7-2-1-6-13(14)18(26)25-9-3-5-12(11-25)16-23-24-17(27-16)15-8-4-10-28-15/h1-2,4,6-8,10,12H,3,5,9,11H2. The molecule has 1 saturated heterocycles. The van der Waals surface area contributed by atoms with Crippen LogP contribution in [0.3, 0.4) is 0 Å². The average Bonchev–Trinajstić information content (AvgIpc) is 3.38. The summed E-state index contributed by atoms with van der Waals surface area (Å²) >= 11 is 1.48. The van der Waals surface area contributed by atoms with Crippen LogP contribution in [0.1, 0.15) is 40.6 Å². The quantitative estimate of drug-likeness (QED) is 0.624. The summed E-state index contributed by atoms with van der Waals surface area (Å²) in [5.41, 5.74) is -1.25. The number of alkyl halides is 3. The van der Waals surface area contributed by atoms with E-state index in [0.717, 1.165) is 17.4 Å². The molecule has 0 radical (unpaired) electrons. The Labute approximate surface area is 162 Å². The molecule has 1 aromatic carbocycles. The minimum atomic E-state index is -4.58. The van der Waals surface area contributed by atoms with Crippen molar-refractivity contribution in [1.29, 1.82) is 0 Å². The molecule has 4 rings (SSSR count). The van der Waals surface area contributed by atoms with Gasteiger partial charge in [-0.3, -0.25) is 4.79 Å². The van der Waals surface area contributed by atoms with Gasteiger partial charge in [-0.2, -0.15) is 13.2 Å². The van der Waals surface area contributed by atoms with Gasteiger partial charge in [0.05, 0.1) is 21.9 Å². The van der Waals surface area contributed by atoms with Crippen molar-refractivity contribution < 1.29 is 22.4 Å². The number of likely N-dealkylation sites (tertiary alicyclic amines) is 1. The summed E-state index contributed by atoms with van der Waals surface area (Å²) in [7, 11) is 0. The molecule has 0 aliphatic carbocycles. The van der Waals surface area contributed by atoms with E-state index in [1.54, 1.807) is 0 Å². The molecule has 28 heavy (non-hydrogen) atoms. The van der Waals surface area contributed by atoms with Gasteiger partial charge in [0.25, 0.3) is 11.8 Å². The Kier molecular flexibility index (Phi) is 4.92. The normalized spacial score (nSPS) is 17.7. The third kappa shape index (κ3) is 3.66. The smallest absolute Gasteiger partial charge is 0.417 e. The zero-order valence-corrected chi connectivity index (χ0v) is 15.5. The molecule has 1 unspecified atom stereocenters. The lowest BCUT2D eigenvalue weighted by Gasteiger charge is -2.31. The zero-order chi connectivity index (χ0) is 19.7. The molecule has 9 heteroatoms. The van der Waals surface area contributed by atoms with E-state index in [1.165, 1.54) is 34.4 Å². The second kappa shape index (κ2) is 7.38. The van der Waals surface area contributed by atoms with E-state index in [-0.39, 0.29) is 18.0 Å². The van der Waals surface area contributed by atoms with Gasteiger partial charge in [-0.05, 0) is 36.4 Å². The number of carbonyl (C=O) groups excluding carboxylic acids is 1. The van der Waals surface area contributed by atoms with Crippen molar-refractivity contribution in [3.63, 3.8) is 0 Å². The number of carbonyl (C=O) groups is 1. The average molecular weight is 407 g/mol. The number of amides is 1. The second-order valence-corrected chi connectivity index (χ2v) is 7.50. The van der Waals surface area contributed by atoms with E-state index in [1.807, 2.05) is 17.5 Å². The van der Waals surface area contributed by atoms with Crippen molar-refractivity contribution in [1.82, 2.24) is 15.1 Å². The van der Waals surface area contributed by atoms with Gasteiger partial charge in [0.1, 0.15) is 0 Å².